The van der Waals surface area contributed by atoms with Gasteiger partial charge in [-0.05, 0) is 38.5 Å². The van der Waals surface area contributed by atoms with Gasteiger partial charge in [0.25, 0.3) is 0 Å². The minimum atomic E-state index is -0.740. The predicted molar refractivity (Wildman–Crippen MR) is 138 cm³/mol. The van der Waals surface area contributed by atoms with E-state index in [1.54, 1.807) is 0 Å². The molecule has 8 nitrogen and oxygen atoms in total. The zero-order valence-corrected chi connectivity index (χ0v) is 22.5. The van der Waals surface area contributed by atoms with Gasteiger partial charge in [0.1, 0.15) is 0 Å². The Balaban J connectivity index is -0.000000163. The van der Waals surface area contributed by atoms with Crippen LogP contribution in [0, 0.1) is 0 Å². The second kappa shape index (κ2) is 27.6. The Morgan fingerprint density at radius 2 is 0.469 bits per heavy atom. The van der Waals surface area contributed by atoms with E-state index in [2.05, 4.69) is 25.3 Å². The van der Waals surface area contributed by atoms with Crippen LogP contribution in [-0.2, 0) is 0 Å². The molecule has 0 bridgehead atoms. The van der Waals surface area contributed by atoms with Crippen LogP contribution in [0.1, 0.15) is 80.1 Å². The van der Waals surface area contributed by atoms with Gasteiger partial charge in [-0.2, -0.15) is 25.3 Å². The van der Waals surface area contributed by atoms with Crippen molar-refractivity contribution in [1.29, 1.82) is 0 Å². The van der Waals surface area contributed by atoms with Crippen LogP contribution in [0.15, 0.2) is 0 Å². The van der Waals surface area contributed by atoms with Crippen molar-refractivity contribution < 1.29 is 40.9 Å². The van der Waals surface area contributed by atoms with Crippen LogP contribution in [0.4, 0.5) is 0 Å². The molecule has 0 aliphatic rings. The van der Waals surface area contributed by atoms with Gasteiger partial charge in [0.15, 0.2) is 0 Å². The Hall–Kier alpha value is 0.380. The average molecular weight is 509 g/mol. The molecule has 10 heteroatoms. The highest BCUT2D eigenvalue weighted by Gasteiger charge is 2.12. The standard InChI is InChI=1S/3C6H14O2.C4H10O2S2/c3*1-3-5(7)6(8)4-2;5-3(1-7)4(6)2-8/h3*5-8H,3-4H2,1-2H3;3-8H,1-2H2/t3*5-,6-;3-,4-/m0000/s1. The highest BCUT2D eigenvalue weighted by Crippen LogP contribution is 2.02. The summed E-state index contributed by atoms with van der Waals surface area (Å²) >= 11 is 7.53. The topological polar surface area (TPSA) is 162 Å². The van der Waals surface area contributed by atoms with E-state index in [0.29, 0.717) is 38.5 Å². The zero-order valence-electron chi connectivity index (χ0n) is 20.7. The van der Waals surface area contributed by atoms with Gasteiger partial charge in [-0.25, -0.2) is 0 Å². The lowest BCUT2D eigenvalue weighted by atomic mass is 10.1. The lowest BCUT2D eigenvalue weighted by Gasteiger charge is -2.12. The molecular formula is C22H52O8S2. The summed E-state index contributed by atoms with van der Waals surface area (Å²) in [5, 5.41) is 70.8. The van der Waals surface area contributed by atoms with E-state index in [-0.39, 0.29) is 11.5 Å². The molecule has 0 spiro atoms. The van der Waals surface area contributed by atoms with Crippen molar-refractivity contribution in [3.05, 3.63) is 0 Å². The second-order valence-electron chi connectivity index (χ2n) is 7.35. The summed E-state index contributed by atoms with van der Waals surface area (Å²) in [6, 6.07) is 0. The molecule has 0 radical (unpaired) electrons. The molecule has 0 amide bonds. The Bertz CT molecular complexity index is 260. The first kappa shape index (κ1) is 39.6. The minimum Gasteiger partial charge on any atom is -0.390 e. The van der Waals surface area contributed by atoms with Crippen molar-refractivity contribution >= 4 is 25.3 Å². The third-order valence-electron chi connectivity index (χ3n) is 4.66. The number of rotatable bonds is 12. The summed E-state index contributed by atoms with van der Waals surface area (Å²) in [6.45, 7) is 11.1. The smallest absolute Gasteiger partial charge is 0.0894 e. The van der Waals surface area contributed by atoms with E-state index in [4.69, 9.17) is 40.9 Å². The molecule has 32 heavy (non-hydrogen) atoms. The molecule has 0 aromatic carbocycles. The fourth-order valence-corrected chi connectivity index (χ4v) is 2.36. The molecule has 0 saturated carbocycles. The van der Waals surface area contributed by atoms with Gasteiger partial charge < -0.3 is 40.9 Å². The Morgan fingerprint density at radius 1 is 0.344 bits per heavy atom. The third kappa shape index (κ3) is 25.0. The van der Waals surface area contributed by atoms with Gasteiger partial charge in [0, 0.05) is 11.5 Å². The first-order valence-corrected chi connectivity index (χ1v) is 12.8. The van der Waals surface area contributed by atoms with Gasteiger partial charge in [-0.3, -0.25) is 0 Å². The third-order valence-corrected chi connectivity index (χ3v) is 5.41. The number of aliphatic hydroxyl groups is 8. The van der Waals surface area contributed by atoms with Gasteiger partial charge in [0.2, 0.25) is 0 Å². The molecule has 0 aliphatic carbocycles. The van der Waals surface area contributed by atoms with Crippen LogP contribution < -0.4 is 0 Å². The fraction of sp³-hybridized carbons (Fsp3) is 1.00. The van der Waals surface area contributed by atoms with Crippen LogP contribution in [0.3, 0.4) is 0 Å². The zero-order chi connectivity index (χ0) is 26.3. The maximum Gasteiger partial charge on any atom is 0.0894 e. The Labute approximate surface area is 206 Å². The lowest BCUT2D eigenvalue weighted by Crippen LogP contribution is -2.28. The van der Waals surface area contributed by atoms with Crippen molar-refractivity contribution in [2.45, 2.75) is 129 Å². The van der Waals surface area contributed by atoms with Crippen molar-refractivity contribution in [2.75, 3.05) is 11.5 Å². The van der Waals surface area contributed by atoms with Crippen LogP contribution in [0.25, 0.3) is 0 Å². The summed E-state index contributed by atoms with van der Waals surface area (Å²) in [4.78, 5) is 0. The van der Waals surface area contributed by atoms with Crippen LogP contribution in [-0.4, -0.2) is 101 Å². The predicted octanol–water partition coefficient (Wildman–Crippen LogP) is 1.15. The number of aliphatic hydroxyl groups excluding tert-OH is 8. The van der Waals surface area contributed by atoms with E-state index < -0.39 is 48.8 Å². The highest BCUT2D eigenvalue weighted by molar-refractivity contribution is 7.80. The average Bonchev–Trinajstić information content (AvgIpc) is 2.85. The SMILES string of the molecule is CC[C@H](O)[C@@H](O)CC.CC[C@H](O)[C@@H](O)CC.CC[C@H](O)[C@@H](O)CC.O[C@@H](CS)[C@@H](O)CS. The molecule has 0 saturated heterocycles. The maximum absolute atomic E-state index is 8.88. The molecule has 200 valence electrons. The summed E-state index contributed by atoms with van der Waals surface area (Å²) in [5.74, 6) is 0.559. The molecule has 8 atom stereocenters. The maximum atomic E-state index is 8.88. The van der Waals surface area contributed by atoms with Crippen molar-refractivity contribution in [3.8, 4) is 0 Å². The molecule has 0 aliphatic heterocycles. The van der Waals surface area contributed by atoms with Crippen LogP contribution in [0.5, 0.6) is 0 Å². The fourth-order valence-electron chi connectivity index (χ4n) is 1.88. The van der Waals surface area contributed by atoms with Crippen molar-refractivity contribution in [3.63, 3.8) is 0 Å². The van der Waals surface area contributed by atoms with E-state index in [9.17, 15) is 0 Å². The van der Waals surface area contributed by atoms with Gasteiger partial charge in [-0.15, -0.1) is 0 Å². The molecular weight excluding hydrogens is 456 g/mol. The first-order valence-electron chi connectivity index (χ1n) is 11.5. The molecule has 0 aromatic heterocycles. The first-order chi connectivity index (χ1) is 14.9. The highest BCUT2D eigenvalue weighted by atomic mass is 32.1. The summed E-state index contributed by atoms with van der Waals surface area (Å²) < 4.78 is 0. The normalized spacial score (nSPS) is 18.0. The lowest BCUT2D eigenvalue weighted by molar-refractivity contribution is 0.0157. The van der Waals surface area contributed by atoms with Crippen LogP contribution in [0.2, 0.25) is 0 Å². The van der Waals surface area contributed by atoms with Gasteiger partial charge >= 0.3 is 0 Å². The number of hydrogen-bond acceptors (Lipinski definition) is 10. The molecule has 0 heterocycles. The number of thiol groups is 2. The molecule has 0 rings (SSSR count). The Morgan fingerprint density at radius 3 is 0.531 bits per heavy atom. The van der Waals surface area contributed by atoms with Crippen LogP contribution >= 0.6 is 25.3 Å². The van der Waals surface area contributed by atoms with E-state index in [1.165, 1.54) is 0 Å². The summed E-state index contributed by atoms with van der Waals surface area (Å²) in [7, 11) is 0. The summed E-state index contributed by atoms with van der Waals surface area (Å²) in [6.07, 6.45) is -0.843. The van der Waals surface area contributed by atoms with Crippen molar-refractivity contribution in [1.82, 2.24) is 0 Å². The molecule has 0 aromatic rings. The minimum absolute atomic E-state index is 0.279. The number of hydrogen-bond donors (Lipinski definition) is 10. The van der Waals surface area contributed by atoms with E-state index in [0.717, 1.165) is 0 Å². The monoisotopic (exact) mass is 508 g/mol. The van der Waals surface area contributed by atoms with Gasteiger partial charge in [0.05, 0.1) is 48.8 Å². The largest absolute Gasteiger partial charge is 0.390 e. The van der Waals surface area contributed by atoms with E-state index >= 15 is 0 Å². The molecule has 0 unspecified atom stereocenters. The summed E-state index contributed by atoms with van der Waals surface area (Å²) in [5.41, 5.74) is 0. The Kier molecular flexibility index (Phi) is 34.2. The van der Waals surface area contributed by atoms with E-state index in [1.807, 2.05) is 41.5 Å². The second-order valence-corrected chi connectivity index (χ2v) is 8.08. The quantitative estimate of drug-likeness (QED) is 0.176. The van der Waals surface area contributed by atoms with Crippen molar-refractivity contribution in [2.24, 2.45) is 0 Å². The molecule has 8 N–H and O–H groups in total. The molecule has 0 fully saturated rings. The van der Waals surface area contributed by atoms with Gasteiger partial charge in [-0.1, -0.05) is 41.5 Å².